The highest BCUT2D eigenvalue weighted by atomic mass is 32.2. The maximum atomic E-state index is 13.1. The quantitative estimate of drug-likeness (QED) is 0.665. The van der Waals surface area contributed by atoms with Gasteiger partial charge in [0.25, 0.3) is 5.91 Å². The molecule has 0 N–H and O–H groups in total. The van der Waals surface area contributed by atoms with Crippen LogP contribution in [0.1, 0.15) is 21.5 Å². The molecule has 1 saturated heterocycles. The number of sulfonamides is 1. The van der Waals surface area contributed by atoms with Gasteiger partial charge in [0.05, 0.1) is 4.90 Å². The van der Waals surface area contributed by atoms with Crippen molar-refractivity contribution in [2.24, 2.45) is 0 Å². The lowest BCUT2D eigenvalue weighted by atomic mass is 10.0. The van der Waals surface area contributed by atoms with Crippen molar-refractivity contribution in [3.8, 4) is 0 Å². The topological polar surface area (TPSA) is 57.7 Å². The van der Waals surface area contributed by atoms with Gasteiger partial charge in [0.1, 0.15) is 0 Å². The molecule has 150 valence electrons. The zero-order valence-electron chi connectivity index (χ0n) is 16.6. The van der Waals surface area contributed by atoms with Crippen LogP contribution in [0.15, 0.2) is 65.6 Å². The lowest BCUT2D eigenvalue weighted by Crippen LogP contribution is -2.50. The molecule has 0 atom stereocenters. The third kappa shape index (κ3) is 3.66. The van der Waals surface area contributed by atoms with Gasteiger partial charge >= 0.3 is 0 Å². The van der Waals surface area contributed by atoms with E-state index in [0.29, 0.717) is 36.6 Å². The predicted molar refractivity (Wildman–Crippen MR) is 115 cm³/mol. The molecule has 3 aromatic rings. The minimum absolute atomic E-state index is 0.0506. The van der Waals surface area contributed by atoms with Crippen molar-refractivity contribution in [2.45, 2.75) is 18.7 Å². The fraction of sp³-hybridized carbons (Fsp3) is 0.261. The predicted octanol–water partition coefficient (Wildman–Crippen LogP) is 3.60. The van der Waals surface area contributed by atoms with E-state index in [1.165, 1.54) is 4.31 Å². The van der Waals surface area contributed by atoms with Gasteiger partial charge in [0, 0.05) is 31.7 Å². The molecule has 3 aromatic carbocycles. The van der Waals surface area contributed by atoms with Gasteiger partial charge in [-0.25, -0.2) is 8.42 Å². The van der Waals surface area contributed by atoms with Crippen molar-refractivity contribution in [1.29, 1.82) is 0 Å². The minimum atomic E-state index is -3.56. The second kappa shape index (κ2) is 7.61. The van der Waals surface area contributed by atoms with Crippen LogP contribution in [0, 0.1) is 13.8 Å². The van der Waals surface area contributed by atoms with Crippen LogP contribution in [-0.2, 0) is 10.0 Å². The average Bonchev–Trinajstić information content (AvgIpc) is 2.72. The highest BCUT2D eigenvalue weighted by molar-refractivity contribution is 7.89. The number of nitrogens with zero attached hydrogens (tertiary/aromatic N) is 2. The molecule has 4 rings (SSSR count). The number of carbonyl (C=O) groups excluding carboxylic acids is 1. The average molecular weight is 409 g/mol. The molecule has 5 nitrogen and oxygen atoms in total. The molecular formula is C23H24N2O3S. The van der Waals surface area contributed by atoms with E-state index in [1.807, 2.05) is 68.4 Å². The number of hydrogen-bond donors (Lipinski definition) is 0. The summed E-state index contributed by atoms with van der Waals surface area (Å²) in [5.41, 5.74) is 2.44. The molecule has 0 radical (unpaired) electrons. The number of benzene rings is 3. The maximum Gasteiger partial charge on any atom is 0.254 e. The van der Waals surface area contributed by atoms with Gasteiger partial charge < -0.3 is 4.90 Å². The third-order valence-electron chi connectivity index (χ3n) is 5.49. The molecule has 0 aliphatic carbocycles. The van der Waals surface area contributed by atoms with Gasteiger partial charge in [-0.15, -0.1) is 0 Å². The molecule has 0 aromatic heterocycles. The first-order valence-electron chi connectivity index (χ1n) is 9.72. The Morgan fingerprint density at radius 3 is 2.28 bits per heavy atom. The van der Waals surface area contributed by atoms with Crippen molar-refractivity contribution in [1.82, 2.24) is 9.21 Å². The van der Waals surface area contributed by atoms with Gasteiger partial charge in [0.15, 0.2) is 0 Å². The Balaban J connectivity index is 1.52. The molecule has 29 heavy (non-hydrogen) atoms. The Morgan fingerprint density at radius 1 is 0.862 bits per heavy atom. The summed E-state index contributed by atoms with van der Waals surface area (Å²) < 4.78 is 27.6. The Hall–Kier alpha value is -2.70. The minimum Gasteiger partial charge on any atom is -0.336 e. The van der Waals surface area contributed by atoms with Gasteiger partial charge in [-0.05, 0) is 42.3 Å². The summed E-state index contributed by atoms with van der Waals surface area (Å²) in [6.45, 7) is 5.12. The monoisotopic (exact) mass is 408 g/mol. The van der Waals surface area contributed by atoms with Crippen LogP contribution in [0.25, 0.3) is 10.8 Å². The number of fused-ring (bicyclic) bond motifs is 1. The van der Waals surface area contributed by atoms with Crippen molar-refractivity contribution in [2.75, 3.05) is 26.2 Å². The van der Waals surface area contributed by atoms with Crippen molar-refractivity contribution in [3.05, 3.63) is 77.4 Å². The molecule has 0 saturated carbocycles. The van der Waals surface area contributed by atoms with Crippen LogP contribution >= 0.6 is 0 Å². The summed E-state index contributed by atoms with van der Waals surface area (Å²) in [7, 11) is -3.56. The summed E-state index contributed by atoms with van der Waals surface area (Å²) in [4.78, 5) is 15.2. The number of aryl methyl sites for hydroxylation is 2. The van der Waals surface area contributed by atoms with Gasteiger partial charge in [-0.3, -0.25) is 4.79 Å². The van der Waals surface area contributed by atoms with Crippen LogP contribution in [0.2, 0.25) is 0 Å². The second-order valence-corrected chi connectivity index (χ2v) is 9.40. The third-order valence-corrected chi connectivity index (χ3v) is 7.55. The van der Waals surface area contributed by atoms with Crippen LogP contribution < -0.4 is 0 Å². The molecule has 1 heterocycles. The van der Waals surface area contributed by atoms with Crippen LogP contribution in [0.5, 0.6) is 0 Å². The Labute approximate surface area is 171 Å². The smallest absolute Gasteiger partial charge is 0.254 e. The van der Waals surface area contributed by atoms with Gasteiger partial charge in [-0.2, -0.15) is 4.31 Å². The fourth-order valence-corrected chi connectivity index (χ4v) is 5.57. The fourth-order valence-electron chi connectivity index (χ4n) is 3.94. The molecule has 1 amide bonds. The Kier molecular flexibility index (Phi) is 5.15. The first kappa shape index (κ1) is 19.6. The Bertz CT molecular complexity index is 1170. The second-order valence-electron chi connectivity index (χ2n) is 7.49. The summed E-state index contributed by atoms with van der Waals surface area (Å²) in [6, 6.07) is 18.9. The molecule has 0 spiro atoms. The zero-order valence-corrected chi connectivity index (χ0v) is 17.4. The molecule has 6 heteroatoms. The lowest BCUT2D eigenvalue weighted by Gasteiger charge is -2.34. The van der Waals surface area contributed by atoms with E-state index in [1.54, 1.807) is 11.0 Å². The maximum absolute atomic E-state index is 13.1. The lowest BCUT2D eigenvalue weighted by molar-refractivity contribution is 0.0700. The summed E-state index contributed by atoms with van der Waals surface area (Å²) >= 11 is 0. The number of amides is 1. The molecule has 1 aliphatic heterocycles. The molecule has 0 bridgehead atoms. The number of hydrogen-bond acceptors (Lipinski definition) is 3. The summed E-state index contributed by atoms with van der Waals surface area (Å²) in [5.74, 6) is -0.0506. The van der Waals surface area contributed by atoms with E-state index in [2.05, 4.69) is 0 Å². The van der Waals surface area contributed by atoms with Crippen LogP contribution in [-0.4, -0.2) is 49.7 Å². The van der Waals surface area contributed by atoms with Gasteiger partial charge in [0.2, 0.25) is 10.0 Å². The number of piperazine rings is 1. The molecule has 1 aliphatic rings. The first-order valence-corrected chi connectivity index (χ1v) is 11.2. The van der Waals surface area contributed by atoms with E-state index < -0.39 is 10.0 Å². The van der Waals surface area contributed by atoms with Crippen molar-refractivity contribution in [3.63, 3.8) is 0 Å². The van der Waals surface area contributed by atoms with E-state index in [0.717, 1.165) is 21.9 Å². The highest BCUT2D eigenvalue weighted by Crippen LogP contribution is 2.24. The van der Waals surface area contributed by atoms with E-state index in [-0.39, 0.29) is 5.91 Å². The van der Waals surface area contributed by atoms with Crippen LogP contribution in [0.3, 0.4) is 0 Å². The van der Waals surface area contributed by atoms with Crippen LogP contribution in [0.4, 0.5) is 0 Å². The summed E-state index contributed by atoms with van der Waals surface area (Å²) in [5, 5.41) is 1.94. The summed E-state index contributed by atoms with van der Waals surface area (Å²) in [6.07, 6.45) is 0. The standard InChI is InChI=1S/C23H24N2O3S/c1-17-10-11-22(18(2)16-17)29(27,28)25-14-12-24(13-15-25)23(26)21-9-5-7-19-6-3-4-8-20(19)21/h3-11,16H,12-15H2,1-2H3. The zero-order chi connectivity index (χ0) is 20.6. The molecule has 0 unspecified atom stereocenters. The van der Waals surface area contributed by atoms with E-state index in [9.17, 15) is 13.2 Å². The van der Waals surface area contributed by atoms with Crippen molar-refractivity contribution < 1.29 is 13.2 Å². The molecular weight excluding hydrogens is 384 g/mol. The first-order chi connectivity index (χ1) is 13.9. The number of rotatable bonds is 3. The normalized spacial score (nSPS) is 15.6. The SMILES string of the molecule is Cc1ccc(S(=O)(=O)N2CCN(C(=O)c3cccc4ccccc34)CC2)c(C)c1. The molecule has 1 fully saturated rings. The van der Waals surface area contributed by atoms with E-state index in [4.69, 9.17) is 0 Å². The number of carbonyl (C=O) groups is 1. The van der Waals surface area contributed by atoms with Crippen molar-refractivity contribution >= 4 is 26.7 Å². The largest absolute Gasteiger partial charge is 0.336 e. The van der Waals surface area contributed by atoms with Gasteiger partial charge in [-0.1, -0.05) is 54.1 Å². The Morgan fingerprint density at radius 2 is 1.55 bits per heavy atom. The van der Waals surface area contributed by atoms with E-state index >= 15 is 0 Å². The highest BCUT2D eigenvalue weighted by Gasteiger charge is 2.31.